The number of rotatable bonds is 6. The first kappa shape index (κ1) is 23.3. The van der Waals surface area contributed by atoms with Crippen molar-refractivity contribution < 1.29 is 14.3 Å². The number of carbonyl (C=O) groups excluding carboxylic acids is 2. The summed E-state index contributed by atoms with van der Waals surface area (Å²) >= 11 is 8.66. The second kappa shape index (κ2) is 9.95. The van der Waals surface area contributed by atoms with Crippen LogP contribution in [0.3, 0.4) is 0 Å². The molecule has 2 aromatic rings. The second-order valence-electron chi connectivity index (χ2n) is 7.32. The molecule has 2 heterocycles. The van der Waals surface area contributed by atoms with Crippen molar-refractivity contribution in [2.45, 2.75) is 36.4 Å². The highest BCUT2D eigenvalue weighted by Gasteiger charge is 2.41. The fourth-order valence-corrected chi connectivity index (χ4v) is 5.88. The van der Waals surface area contributed by atoms with Crippen LogP contribution in [0.1, 0.15) is 37.7 Å². The molecule has 0 amide bonds. The Hall–Kier alpha value is -2.87. The van der Waals surface area contributed by atoms with Gasteiger partial charge in [-0.3, -0.25) is 14.5 Å². The van der Waals surface area contributed by atoms with E-state index in [1.807, 2.05) is 6.07 Å². The molecule has 0 saturated carbocycles. The van der Waals surface area contributed by atoms with E-state index in [1.165, 1.54) is 23.1 Å². The third-order valence-electron chi connectivity index (χ3n) is 5.30. The summed E-state index contributed by atoms with van der Waals surface area (Å²) in [6.07, 6.45) is 1.69. The van der Waals surface area contributed by atoms with E-state index < -0.39 is 5.92 Å². The molecule has 0 fully saturated rings. The number of ether oxygens (including phenoxy) is 1. The average Bonchev–Trinajstić information content (AvgIpc) is 3.26. The first-order valence-electron chi connectivity index (χ1n) is 10.3. The maximum Gasteiger partial charge on any atom is 0.316 e. The molecular weight excluding hydrogens is 482 g/mol. The Balaban J connectivity index is 1.76. The van der Waals surface area contributed by atoms with Gasteiger partial charge in [-0.2, -0.15) is 5.26 Å². The van der Waals surface area contributed by atoms with Crippen molar-refractivity contribution in [3.05, 3.63) is 57.5 Å². The number of halogens is 1. The number of nitrogens with two attached hydrogens (primary N) is 1. The summed E-state index contributed by atoms with van der Waals surface area (Å²) in [7, 11) is 0. The van der Waals surface area contributed by atoms with Gasteiger partial charge in [-0.05, 0) is 37.5 Å². The Labute approximate surface area is 204 Å². The van der Waals surface area contributed by atoms with Gasteiger partial charge in [0.25, 0.3) is 0 Å². The molecule has 2 N–H and O–H groups in total. The molecule has 33 heavy (non-hydrogen) atoms. The highest BCUT2D eigenvalue weighted by Crippen LogP contribution is 2.47. The second-order valence-corrected chi connectivity index (χ2v) is 9.93. The van der Waals surface area contributed by atoms with E-state index in [2.05, 4.69) is 16.3 Å². The Bertz CT molecular complexity index is 1220. The van der Waals surface area contributed by atoms with Gasteiger partial charge < -0.3 is 10.5 Å². The van der Waals surface area contributed by atoms with Crippen LogP contribution in [-0.4, -0.2) is 34.3 Å². The number of ketones is 1. The number of esters is 1. The lowest BCUT2D eigenvalue weighted by Gasteiger charge is -2.38. The number of carbonyl (C=O) groups is 2. The summed E-state index contributed by atoms with van der Waals surface area (Å²) in [4.78, 5) is 26.4. The molecule has 170 valence electrons. The summed E-state index contributed by atoms with van der Waals surface area (Å²) < 4.78 is 5.51. The average molecular weight is 502 g/mol. The number of nitriles is 1. The summed E-state index contributed by atoms with van der Waals surface area (Å²) in [5.74, 6) is -0.614. The molecule has 4 rings (SSSR count). The first-order valence-corrected chi connectivity index (χ1v) is 12.5. The van der Waals surface area contributed by atoms with Crippen LogP contribution in [0, 0.1) is 11.3 Å². The zero-order valence-corrected chi connectivity index (χ0v) is 20.1. The number of benzene rings is 1. The van der Waals surface area contributed by atoms with Crippen LogP contribution in [0.15, 0.2) is 51.3 Å². The maximum absolute atomic E-state index is 13.1. The van der Waals surface area contributed by atoms with Gasteiger partial charge in [-0.15, -0.1) is 10.2 Å². The topological polar surface area (TPSA) is 122 Å². The smallest absolute Gasteiger partial charge is 0.316 e. The van der Waals surface area contributed by atoms with Crippen molar-refractivity contribution in [2.24, 2.45) is 5.73 Å². The molecule has 2 aliphatic rings. The SMILES string of the molecule is CCOC(=O)CSc1nnc(N2C(N)=C(C#N)C(c3cccc(Cl)c3)C3=C2CCCC3=O)s1. The van der Waals surface area contributed by atoms with Crippen LogP contribution in [0.5, 0.6) is 0 Å². The molecule has 1 aliphatic carbocycles. The minimum Gasteiger partial charge on any atom is -0.465 e. The molecule has 0 radical (unpaired) electrons. The number of hydrogen-bond donors (Lipinski definition) is 1. The highest BCUT2D eigenvalue weighted by molar-refractivity contribution is 8.01. The standard InChI is InChI=1S/C22H20ClN5O3S2/c1-2-31-17(30)11-32-22-27-26-21(33-22)28-15-7-4-8-16(29)19(15)18(14(10-24)20(28)25)12-5-3-6-13(23)9-12/h3,5-6,9,18H,2,4,7-8,11,25H2,1H3. The van der Waals surface area contributed by atoms with Gasteiger partial charge in [-0.25, -0.2) is 0 Å². The van der Waals surface area contributed by atoms with E-state index in [4.69, 9.17) is 22.1 Å². The third kappa shape index (κ3) is 4.62. The van der Waals surface area contributed by atoms with Crippen LogP contribution < -0.4 is 10.6 Å². The van der Waals surface area contributed by atoms with Gasteiger partial charge in [0.15, 0.2) is 10.1 Å². The number of thioether (sulfide) groups is 1. The van der Waals surface area contributed by atoms with Gasteiger partial charge in [0, 0.05) is 22.7 Å². The molecule has 11 heteroatoms. The molecule has 0 bridgehead atoms. The van der Waals surface area contributed by atoms with Crippen molar-refractivity contribution in [1.29, 1.82) is 5.26 Å². The van der Waals surface area contributed by atoms with Crippen LogP contribution in [0.2, 0.25) is 5.02 Å². The molecule has 1 aromatic carbocycles. The Kier molecular flexibility index (Phi) is 7.02. The van der Waals surface area contributed by atoms with Crippen LogP contribution in [0.25, 0.3) is 0 Å². The Morgan fingerprint density at radius 3 is 2.97 bits per heavy atom. The predicted octanol–water partition coefficient (Wildman–Crippen LogP) is 4.15. The molecule has 8 nitrogen and oxygen atoms in total. The first-order chi connectivity index (χ1) is 15.9. The lowest BCUT2D eigenvalue weighted by molar-refractivity contribution is -0.139. The van der Waals surface area contributed by atoms with Gasteiger partial charge in [0.1, 0.15) is 5.82 Å². The van der Waals surface area contributed by atoms with E-state index in [0.717, 1.165) is 11.3 Å². The van der Waals surface area contributed by atoms with Gasteiger partial charge in [-0.1, -0.05) is 46.8 Å². The van der Waals surface area contributed by atoms with E-state index in [0.29, 0.717) is 45.9 Å². The monoisotopic (exact) mass is 501 g/mol. The van der Waals surface area contributed by atoms with E-state index in [9.17, 15) is 14.9 Å². The lowest BCUT2D eigenvalue weighted by Crippen LogP contribution is -2.38. The van der Waals surface area contributed by atoms with E-state index >= 15 is 0 Å². The lowest BCUT2D eigenvalue weighted by atomic mass is 9.76. The summed E-state index contributed by atoms with van der Waals surface area (Å²) in [5, 5.41) is 19.4. The van der Waals surface area contributed by atoms with Crippen LogP contribution in [0.4, 0.5) is 5.13 Å². The normalized spacial score (nSPS) is 18.3. The van der Waals surface area contributed by atoms with Crippen LogP contribution >= 0.6 is 34.7 Å². The third-order valence-corrected chi connectivity index (χ3v) is 7.55. The number of anilines is 1. The van der Waals surface area contributed by atoms with Crippen molar-refractivity contribution in [1.82, 2.24) is 10.2 Å². The van der Waals surface area contributed by atoms with E-state index in [1.54, 1.807) is 30.0 Å². The van der Waals surface area contributed by atoms with Crippen molar-refractivity contribution in [3.8, 4) is 6.07 Å². The minimum absolute atomic E-state index is 0.0205. The highest BCUT2D eigenvalue weighted by atomic mass is 35.5. The molecule has 1 unspecified atom stereocenters. The fraction of sp³-hybridized carbons (Fsp3) is 0.318. The van der Waals surface area contributed by atoms with Crippen molar-refractivity contribution in [3.63, 3.8) is 0 Å². The zero-order chi connectivity index (χ0) is 23.5. The quantitative estimate of drug-likeness (QED) is 0.459. The molecule has 1 aromatic heterocycles. The van der Waals surface area contributed by atoms with E-state index in [-0.39, 0.29) is 28.9 Å². The zero-order valence-electron chi connectivity index (χ0n) is 17.7. The van der Waals surface area contributed by atoms with Crippen molar-refractivity contribution in [2.75, 3.05) is 17.3 Å². The number of aromatic nitrogens is 2. The molecule has 1 atom stereocenters. The molecule has 1 aliphatic heterocycles. The fourth-order valence-electron chi connectivity index (χ4n) is 4.00. The summed E-state index contributed by atoms with van der Waals surface area (Å²) in [6.45, 7) is 2.06. The molecule has 0 spiro atoms. The largest absolute Gasteiger partial charge is 0.465 e. The summed E-state index contributed by atoms with van der Waals surface area (Å²) in [6, 6.07) is 9.35. The molecular formula is C22H20ClN5O3S2. The molecule has 0 saturated heterocycles. The Morgan fingerprint density at radius 2 is 2.24 bits per heavy atom. The van der Waals surface area contributed by atoms with Gasteiger partial charge in [0.2, 0.25) is 5.13 Å². The van der Waals surface area contributed by atoms with Gasteiger partial charge in [0.05, 0.1) is 29.9 Å². The summed E-state index contributed by atoms with van der Waals surface area (Å²) in [5.41, 5.74) is 8.80. The van der Waals surface area contributed by atoms with Crippen LogP contribution in [-0.2, 0) is 14.3 Å². The number of allylic oxidation sites excluding steroid dienone is 3. The number of hydrogen-bond acceptors (Lipinski definition) is 10. The number of Topliss-reactive ketones (excluding diaryl/α,β-unsaturated/α-hetero) is 1. The number of nitrogens with zero attached hydrogens (tertiary/aromatic N) is 4. The Morgan fingerprint density at radius 1 is 1.42 bits per heavy atom. The minimum atomic E-state index is -0.585. The van der Waals surface area contributed by atoms with Gasteiger partial charge >= 0.3 is 5.97 Å². The maximum atomic E-state index is 13.1. The predicted molar refractivity (Wildman–Crippen MR) is 127 cm³/mol. The van der Waals surface area contributed by atoms with Crippen molar-refractivity contribution >= 4 is 51.6 Å².